The van der Waals surface area contributed by atoms with Gasteiger partial charge in [0.2, 0.25) is 5.96 Å². The second-order valence-corrected chi connectivity index (χ2v) is 5.05. The topological polar surface area (TPSA) is 62.7 Å². The minimum atomic E-state index is -4.36. The van der Waals surface area contributed by atoms with Crippen LogP contribution >= 0.6 is 0 Å². The van der Waals surface area contributed by atoms with Crippen LogP contribution in [0.15, 0.2) is 29.3 Å². The summed E-state index contributed by atoms with van der Waals surface area (Å²) in [5.41, 5.74) is -0.0490. The third kappa shape index (κ3) is 4.14. The summed E-state index contributed by atoms with van der Waals surface area (Å²) in [5.74, 6) is 0.264. The summed E-state index contributed by atoms with van der Waals surface area (Å²) >= 11 is 0. The van der Waals surface area contributed by atoms with Crippen LogP contribution in [0, 0.1) is 0 Å². The second kappa shape index (κ2) is 6.89. The zero-order chi connectivity index (χ0) is 17.0. The molecule has 1 aliphatic rings. The van der Waals surface area contributed by atoms with Crippen molar-refractivity contribution >= 4 is 12.1 Å². The molecule has 1 heterocycles. The summed E-state index contributed by atoms with van der Waals surface area (Å²) in [6, 6.07) is 4.43. The normalized spacial score (nSPS) is 20.7. The van der Waals surface area contributed by atoms with Gasteiger partial charge >= 0.3 is 12.3 Å². The molecule has 0 saturated carbocycles. The highest BCUT2D eigenvalue weighted by atomic mass is 19.4. The third-order valence-electron chi connectivity index (χ3n) is 3.49. The average molecular weight is 329 g/mol. The van der Waals surface area contributed by atoms with Gasteiger partial charge in [-0.3, -0.25) is 5.32 Å². The van der Waals surface area contributed by atoms with Crippen molar-refractivity contribution in [1.82, 2.24) is 10.6 Å². The Balaban J connectivity index is 2.16. The molecule has 0 saturated heterocycles. The molecule has 0 spiro atoms. The quantitative estimate of drug-likeness (QED) is 0.895. The van der Waals surface area contributed by atoms with E-state index in [2.05, 4.69) is 15.6 Å². The van der Waals surface area contributed by atoms with Crippen LogP contribution in [0.1, 0.15) is 37.4 Å². The number of hydrogen-bond donors (Lipinski definition) is 2. The van der Waals surface area contributed by atoms with E-state index in [1.165, 1.54) is 12.1 Å². The van der Waals surface area contributed by atoms with Gasteiger partial charge in [0.05, 0.1) is 24.3 Å². The van der Waals surface area contributed by atoms with Crippen molar-refractivity contribution in [3.8, 4) is 0 Å². The van der Waals surface area contributed by atoms with Gasteiger partial charge in [-0.2, -0.15) is 13.2 Å². The standard InChI is InChI=1S/C15H18F3N3O2/c1-3-11-12(20-13(19-11)21-14(22)23-4-2)9-5-7-10(8-6-9)15(16,17)18/h5-8,11-12H,3-4H2,1-2H3,(H2,19,20,21,22). The molecule has 5 nitrogen and oxygen atoms in total. The van der Waals surface area contributed by atoms with E-state index in [1.807, 2.05) is 6.92 Å². The Kier molecular flexibility index (Phi) is 5.12. The summed E-state index contributed by atoms with van der Waals surface area (Å²) in [4.78, 5) is 15.8. The zero-order valence-electron chi connectivity index (χ0n) is 12.8. The number of alkyl carbamates (subject to hydrolysis) is 1. The molecule has 2 rings (SSSR count). The van der Waals surface area contributed by atoms with Gasteiger partial charge in [-0.1, -0.05) is 19.1 Å². The van der Waals surface area contributed by atoms with Gasteiger partial charge in [0, 0.05) is 0 Å². The molecule has 1 aromatic rings. The molecule has 0 aliphatic carbocycles. The average Bonchev–Trinajstić information content (AvgIpc) is 2.89. The summed E-state index contributed by atoms with van der Waals surface area (Å²) in [6.07, 6.45) is -4.29. The van der Waals surface area contributed by atoms with Gasteiger partial charge in [0.1, 0.15) is 0 Å². The first kappa shape index (κ1) is 17.1. The summed E-state index contributed by atoms with van der Waals surface area (Å²) in [5, 5.41) is 5.52. The Labute approximate surface area is 131 Å². The lowest BCUT2D eigenvalue weighted by Crippen LogP contribution is -2.42. The molecule has 1 aromatic carbocycles. The largest absolute Gasteiger partial charge is 0.450 e. The molecular formula is C15H18F3N3O2. The molecule has 1 aliphatic heterocycles. The highest BCUT2D eigenvalue weighted by Crippen LogP contribution is 2.32. The number of carbonyl (C=O) groups is 1. The maximum absolute atomic E-state index is 12.6. The predicted octanol–water partition coefficient (Wildman–Crippen LogP) is 3.23. The molecule has 0 fully saturated rings. The maximum atomic E-state index is 12.6. The van der Waals surface area contributed by atoms with E-state index in [-0.39, 0.29) is 24.7 Å². The van der Waals surface area contributed by atoms with E-state index < -0.39 is 17.8 Å². The molecule has 1 amide bonds. The Hall–Kier alpha value is -2.25. The number of guanidine groups is 1. The first-order chi connectivity index (χ1) is 10.8. The summed E-state index contributed by atoms with van der Waals surface area (Å²) in [7, 11) is 0. The van der Waals surface area contributed by atoms with Crippen molar-refractivity contribution < 1.29 is 22.7 Å². The Bertz CT molecular complexity index is 585. The van der Waals surface area contributed by atoms with Crippen LogP contribution in [-0.2, 0) is 10.9 Å². The van der Waals surface area contributed by atoms with Gasteiger partial charge in [0.25, 0.3) is 0 Å². The first-order valence-corrected chi connectivity index (χ1v) is 7.30. The number of rotatable bonds is 3. The van der Waals surface area contributed by atoms with E-state index in [9.17, 15) is 18.0 Å². The minimum Gasteiger partial charge on any atom is -0.450 e. The smallest absolute Gasteiger partial charge is 0.416 e. The first-order valence-electron chi connectivity index (χ1n) is 7.30. The van der Waals surface area contributed by atoms with Gasteiger partial charge in [-0.15, -0.1) is 0 Å². The van der Waals surface area contributed by atoms with Crippen LogP contribution in [0.4, 0.5) is 18.0 Å². The summed E-state index contributed by atoms with van der Waals surface area (Å²) < 4.78 is 42.6. The highest BCUT2D eigenvalue weighted by Gasteiger charge is 2.32. The van der Waals surface area contributed by atoms with E-state index in [1.54, 1.807) is 6.92 Å². The van der Waals surface area contributed by atoms with Gasteiger partial charge in [0.15, 0.2) is 0 Å². The van der Waals surface area contributed by atoms with Crippen molar-refractivity contribution in [1.29, 1.82) is 0 Å². The number of halogens is 3. The number of hydrogen-bond acceptors (Lipinski definition) is 4. The fraction of sp³-hybridized carbons (Fsp3) is 0.467. The second-order valence-electron chi connectivity index (χ2n) is 5.05. The third-order valence-corrected chi connectivity index (χ3v) is 3.49. The Morgan fingerprint density at radius 1 is 1.30 bits per heavy atom. The number of alkyl halides is 3. The number of ether oxygens (including phenoxy) is 1. The van der Waals surface area contributed by atoms with Crippen LogP contribution in [0.2, 0.25) is 0 Å². The van der Waals surface area contributed by atoms with Gasteiger partial charge in [-0.05, 0) is 31.0 Å². The van der Waals surface area contributed by atoms with Crippen molar-refractivity contribution in [2.24, 2.45) is 4.99 Å². The summed E-state index contributed by atoms with van der Waals surface area (Å²) in [6.45, 7) is 3.85. The molecule has 23 heavy (non-hydrogen) atoms. The Morgan fingerprint density at radius 2 is 1.96 bits per heavy atom. The van der Waals surface area contributed by atoms with Gasteiger partial charge < -0.3 is 10.1 Å². The van der Waals surface area contributed by atoms with Crippen LogP contribution in [0.3, 0.4) is 0 Å². The zero-order valence-corrected chi connectivity index (χ0v) is 12.8. The Morgan fingerprint density at radius 3 is 2.48 bits per heavy atom. The minimum absolute atomic E-state index is 0.108. The fourth-order valence-electron chi connectivity index (χ4n) is 2.35. The molecule has 0 radical (unpaired) electrons. The predicted molar refractivity (Wildman–Crippen MR) is 79.0 cm³/mol. The SMILES string of the molecule is CCOC(=O)NC1=NC(c2ccc(C(F)(F)F)cc2)C(CC)N1. The van der Waals surface area contributed by atoms with Crippen molar-refractivity contribution in [2.45, 2.75) is 38.5 Å². The number of amides is 1. The maximum Gasteiger partial charge on any atom is 0.416 e. The fourth-order valence-corrected chi connectivity index (χ4v) is 2.35. The molecule has 126 valence electrons. The molecule has 2 unspecified atom stereocenters. The number of aliphatic imine (C=N–C) groups is 1. The molecular weight excluding hydrogens is 311 g/mol. The highest BCUT2D eigenvalue weighted by molar-refractivity contribution is 5.95. The number of nitrogens with zero attached hydrogens (tertiary/aromatic N) is 1. The molecule has 0 aromatic heterocycles. The van der Waals surface area contributed by atoms with Gasteiger partial charge in [-0.25, -0.2) is 9.79 Å². The lowest BCUT2D eigenvalue weighted by atomic mass is 9.98. The van der Waals surface area contributed by atoms with E-state index in [4.69, 9.17) is 4.74 Å². The van der Waals surface area contributed by atoms with Crippen molar-refractivity contribution in [2.75, 3.05) is 6.61 Å². The monoisotopic (exact) mass is 329 g/mol. The molecule has 8 heteroatoms. The van der Waals surface area contributed by atoms with Crippen LogP contribution < -0.4 is 10.6 Å². The molecule has 2 atom stereocenters. The van der Waals surface area contributed by atoms with E-state index in [0.717, 1.165) is 12.1 Å². The van der Waals surface area contributed by atoms with Crippen molar-refractivity contribution in [3.63, 3.8) is 0 Å². The molecule has 0 bridgehead atoms. The van der Waals surface area contributed by atoms with Crippen LogP contribution in [0.5, 0.6) is 0 Å². The lowest BCUT2D eigenvalue weighted by Gasteiger charge is -2.17. The lowest BCUT2D eigenvalue weighted by molar-refractivity contribution is -0.137. The molecule has 2 N–H and O–H groups in total. The number of benzene rings is 1. The van der Waals surface area contributed by atoms with Crippen molar-refractivity contribution in [3.05, 3.63) is 35.4 Å². The van der Waals surface area contributed by atoms with E-state index in [0.29, 0.717) is 12.0 Å². The number of carbonyl (C=O) groups excluding carboxylic acids is 1. The van der Waals surface area contributed by atoms with Crippen LogP contribution in [0.25, 0.3) is 0 Å². The van der Waals surface area contributed by atoms with Crippen LogP contribution in [-0.4, -0.2) is 24.7 Å². The number of nitrogens with one attached hydrogen (secondary N) is 2. The van der Waals surface area contributed by atoms with E-state index >= 15 is 0 Å².